The highest BCUT2D eigenvalue weighted by Crippen LogP contribution is 2.39. The van der Waals surface area contributed by atoms with Crippen molar-refractivity contribution in [2.75, 3.05) is 13.6 Å². The van der Waals surface area contributed by atoms with Gasteiger partial charge < -0.3 is 5.32 Å². The van der Waals surface area contributed by atoms with Crippen molar-refractivity contribution in [1.29, 1.82) is 0 Å². The van der Waals surface area contributed by atoms with Crippen molar-refractivity contribution < 1.29 is 0 Å². The third-order valence-electron chi connectivity index (χ3n) is 5.32. The lowest BCUT2D eigenvalue weighted by atomic mass is 9.69. The normalized spacial score (nSPS) is 30.6. The van der Waals surface area contributed by atoms with E-state index in [4.69, 9.17) is 0 Å². The van der Waals surface area contributed by atoms with Crippen LogP contribution in [-0.4, -0.2) is 36.6 Å². The first-order chi connectivity index (χ1) is 8.81. The second-order valence-electron chi connectivity index (χ2n) is 7.53. The van der Waals surface area contributed by atoms with Gasteiger partial charge in [0.2, 0.25) is 0 Å². The van der Waals surface area contributed by atoms with Gasteiger partial charge in [0, 0.05) is 18.1 Å². The molecule has 4 atom stereocenters. The Hall–Kier alpha value is -0.0800. The van der Waals surface area contributed by atoms with Gasteiger partial charge in [0.1, 0.15) is 0 Å². The first kappa shape index (κ1) is 17.0. The highest BCUT2D eigenvalue weighted by atomic mass is 15.2. The molecule has 0 aromatic heterocycles. The Kier molecular flexibility index (Phi) is 6.32. The Morgan fingerprint density at radius 3 is 2.32 bits per heavy atom. The molecule has 1 aliphatic rings. The maximum Gasteiger partial charge on any atom is 0.0251 e. The van der Waals surface area contributed by atoms with Crippen LogP contribution in [0.15, 0.2) is 0 Å². The molecule has 1 fully saturated rings. The minimum Gasteiger partial charge on any atom is -0.313 e. The zero-order valence-electron chi connectivity index (χ0n) is 14.3. The minimum absolute atomic E-state index is 0.450. The largest absolute Gasteiger partial charge is 0.313 e. The lowest BCUT2D eigenvalue weighted by Gasteiger charge is -2.47. The summed E-state index contributed by atoms with van der Waals surface area (Å²) in [4.78, 5) is 2.63. The second kappa shape index (κ2) is 7.08. The molecule has 1 saturated carbocycles. The molecule has 1 N–H and O–H groups in total. The highest BCUT2D eigenvalue weighted by Gasteiger charge is 2.37. The summed E-state index contributed by atoms with van der Waals surface area (Å²) in [5, 5.41) is 3.72. The van der Waals surface area contributed by atoms with Crippen molar-refractivity contribution in [1.82, 2.24) is 10.2 Å². The first-order valence-corrected chi connectivity index (χ1v) is 8.26. The van der Waals surface area contributed by atoms with Crippen LogP contribution in [0.1, 0.15) is 67.2 Å². The predicted molar refractivity (Wildman–Crippen MR) is 85.6 cm³/mol. The SMILES string of the molecule is CCNC1CCC(C(C)(C)C)CC1N(C)C(C)CC. The highest BCUT2D eigenvalue weighted by molar-refractivity contribution is 4.94. The molecule has 0 saturated heterocycles. The van der Waals surface area contributed by atoms with E-state index in [1.807, 2.05) is 0 Å². The van der Waals surface area contributed by atoms with Gasteiger partial charge in [-0.05, 0) is 57.5 Å². The molecule has 114 valence electrons. The van der Waals surface area contributed by atoms with E-state index in [2.05, 4.69) is 58.8 Å². The van der Waals surface area contributed by atoms with Gasteiger partial charge in [0.05, 0.1) is 0 Å². The summed E-state index contributed by atoms with van der Waals surface area (Å²) < 4.78 is 0. The van der Waals surface area contributed by atoms with Crippen molar-refractivity contribution in [3.8, 4) is 0 Å². The van der Waals surface area contributed by atoms with Gasteiger partial charge in [0.15, 0.2) is 0 Å². The third kappa shape index (κ3) is 4.46. The fourth-order valence-electron chi connectivity index (χ4n) is 3.50. The standard InChI is InChI=1S/C17H36N2/c1-8-13(3)19(7)16-12-14(17(4,5)6)10-11-15(16)18-9-2/h13-16,18H,8-12H2,1-7H3. The van der Waals surface area contributed by atoms with Crippen LogP contribution < -0.4 is 5.32 Å². The zero-order valence-corrected chi connectivity index (χ0v) is 14.3. The van der Waals surface area contributed by atoms with Crippen molar-refractivity contribution >= 4 is 0 Å². The van der Waals surface area contributed by atoms with E-state index in [0.717, 1.165) is 12.5 Å². The maximum absolute atomic E-state index is 3.72. The van der Waals surface area contributed by atoms with Crippen molar-refractivity contribution in [3.05, 3.63) is 0 Å². The topological polar surface area (TPSA) is 15.3 Å². The van der Waals surface area contributed by atoms with Crippen LogP contribution in [0.2, 0.25) is 0 Å². The molecule has 0 bridgehead atoms. The molecular weight excluding hydrogens is 232 g/mol. The molecule has 0 spiro atoms. The van der Waals surface area contributed by atoms with E-state index in [1.54, 1.807) is 0 Å². The molecule has 1 aliphatic carbocycles. The number of nitrogens with zero attached hydrogens (tertiary/aromatic N) is 1. The Labute approximate surface area is 121 Å². The lowest BCUT2D eigenvalue weighted by Crippen LogP contribution is -2.55. The van der Waals surface area contributed by atoms with Gasteiger partial charge in [-0.1, -0.05) is 34.6 Å². The Morgan fingerprint density at radius 2 is 1.84 bits per heavy atom. The fourth-order valence-corrected chi connectivity index (χ4v) is 3.50. The van der Waals surface area contributed by atoms with E-state index in [1.165, 1.54) is 25.7 Å². The van der Waals surface area contributed by atoms with Gasteiger partial charge in [-0.25, -0.2) is 0 Å². The third-order valence-corrected chi connectivity index (χ3v) is 5.32. The Balaban J connectivity index is 2.78. The van der Waals surface area contributed by atoms with Crippen molar-refractivity contribution in [2.45, 2.75) is 85.4 Å². The summed E-state index contributed by atoms with van der Waals surface area (Å²) in [6.45, 7) is 15.2. The van der Waals surface area contributed by atoms with Crippen LogP contribution >= 0.6 is 0 Å². The van der Waals surface area contributed by atoms with Gasteiger partial charge in [-0.15, -0.1) is 0 Å². The van der Waals surface area contributed by atoms with Crippen LogP contribution in [0, 0.1) is 11.3 Å². The summed E-state index contributed by atoms with van der Waals surface area (Å²) in [5.74, 6) is 0.860. The van der Waals surface area contributed by atoms with E-state index in [0.29, 0.717) is 23.5 Å². The zero-order chi connectivity index (χ0) is 14.6. The number of hydrogen-bond acceptors (Lipinski definition) is 2. The number of hydrogen-bond donors (Lipinski definition) is 1. The summed E-state index contributed by atoms with van der Waals surface area (Å²) in [7, 11) is 2.33. The van der Waals surface area contributed by atoms with Crippen LogP contribution in [0.5, 0.6) is 0 Å². The quantitative estimate of drug-likeness (QED) is 0.813. The second-order valence-corrected chi connectivity index (χ2v) is 7.53. The number of likely N-dealkylation sites (N-methyl/N-ethyl adjacent to an activating group) is 2. The van der Waals surface area contributed by atoms with Crippen LogP contribution in [0.25, 0.3) is 0 Å². The average molecular weight is 268 g/mol. The van der Waals surface area contributed by atoms with Gasteiger partial charge in [-0.3, -0.25) is 4.90 Å². The first-order valence-electron chi connectivity index (χ1n) is 8.26. The van der Waals surface area contributed by atoms with Gasteiger partial charge >= 0.3 is 0 Å². The van der Waals surface area contributed by atoms with Crippen LogP contribution in [0.4, 0.5) is 0 Å². The molecule has 1 rings (SSSR count). The summed E-state index contributed by atoms with van der Waals surface area (Å²) >= 11 is 0. The molecule has 0 radical (unpaired) electrons. The van der Waals surface area contributed by atoms with Crippen LogP contribution in [-0.2, 0) is 0 Å². The molecule has 0 aromatic rings. The summed E-state index contributed by atoms with van der Waals surface area (Å²) in [5.41, 5.74) is 0.450. The fraction of sp³-hybridized carbons (Fsp3) is 1.00. The molecule has 4 unspecified atom stereocenters. The smallest absolute Gasteiger partial charge is 0.0251 e. The molecule has 0 amide bonds. The van der Waals surface area contributed by atoms with Gasteiger partial charge in [-0.2, -0.15) is 0 Å². The molecule has 0 aromatic carbocycles. The van der Waals surface area contributed by atoms with Gasteiger partial charge in [0.25, 0.3) is 0 Å². The minimum atomic E-state index is 0.450. The molecular formula is C17H36N2. The number of rotatable bonds is 5. The molecule has 2 heteroatoms. The molecule has 19 heavy (non-hydrogen) atoms. The van der Waals surface area contributed by atoms with E-state index < -0.39 is 0 Å². The van der Waals surface area contributed by atoms with E-state index in [-0.39, 0.29) is 0 Å². The van der Waals surface area contributed by atoms with Crippen LogP contribution in [0.3, 0.4) is 0 Å². The van der Waals surface area contributed by atoms with Crippen molar-refractivity contribution in [2.24, 2.45) is 11.3 Å². The summed E-state index contributed by atoms with van der Waals surface area (Å²) in [6.07, 6.45) is 5.31. The van der Waals surface area contributed by atoms with E-state index >= 15 is 0 Å². The predicted octanol–water partition coefficient (Wildman–Crippen LogP) is 3.91. The monoisotopic (exact) mass is 268 g/mol. The Morgan fingerprint density at radius 1 is 1.21 bits per heavy atom. The average Bonchev–Trinajstić information content (AvgIpc) is 2.36. The number of nitrogens with one attached hydrogen (secondary N) is 1. The molecule has 0 heterocycles. The molecule has 2 nitrogen and oxygen atoms in total. The molecule has 0 aliphatic heterocycles. The lowest BCUT2D eigenvalue weighted by molar-refractivity contribution is 0.0530. The maximum atomic E-state index is 3.72. The Bertz CT molecular complexity index is 254. The van der Waals surface area contributed by atoms with E-state index in [9.17, 15) is 0 Å². The summed E-state index contributed by atoms with van der Waals surface area (Å²) in [6, 6.07) is 2.07. The van der Waals surface area contributed by atoms with Crippen molar-refractivity contribution in [3.63, 3.8) is 0 Å².